The molecule has 0 unspecified atom stereocenters. The number of methoxy groups -OCH3 is 1. The third-order valence-electron chi connectivity index (χ3n) is 2.64. The average Bonchev–Trinajstić information content (AvgIpc) is 2.47. The summed E-state index contributed by atoms with van der Waals surface area (Å²) in [7, 11) is 1.56. The van der Waals surface area contributed by atoms with Crippen molar-refractivity contribution in [1.82, 2.24) is 4.98 Å². The Morgan fingerprint density at radius 3 is 2.50 bits per heavy atom. The third-order valence-corrected chi connectivity index (χ3v) is 2.64. The fraction of sp³-hybridized carbons (Fsp3) is 0.562. The van der Waals surface area contributed by atoms with E-state index in [1.807, 2.05) is 0 Å². The molecule has 1 aromatic rings. The van der Waals surface area contributed by atoms with Crippen LogP contribution in [0.4, 0.5) is 16.3 Å². The molecule has 0 aliphatic carbocycles. The number of carbonyl (C=O) groups excluding carboxylic acids is 2. The molecule has 0 aromatic carbocycles. The maximum absolute atomic E-state index is 12.0. The molecule has 0 spiro atoms. The summed E-state index contributed by atoms with van der Waals surface area (Å²) in [5.41, 5.74) is -0.283. The minimum Gasteiger partial charge on any atom is -0.487 e. The van der Waals surface area contributed by atoms with Crippen LogP contribution in [0.3, 0.4) is 0 Å². The van der Waals surface area contributed by atoms with Gasteiger partial charge in [-0.2, -0.15) is 0 Å². The number of carbonyl (C=O) groups is 2. The van der Waals surface area contributed by atoms with Crippen molar-refractivity contribution in [3.05, 3.63) is 12.3 Å². The van der Waals surface area contributed by atoms with E-state index in [1.165, 1.54) is 12.3 Å². The molecule has 8 nitrogen and oxygen atoms in total. The van der Waals surface area contributed by atoms with Crippen LogP contribution in [0.1, 0.15) is 34.1 Å². The largest absolute Gasteiger partial charge is 0.487 e. The van der Waals surface area contributed by atoms with E-state index in [4.69, 9.17) is 14.2 Å². The second-order valence-corrected chi connectivity index (χ2v) is 5.94. The van der Waals surface area contributed by atoms with Gasteiger partial charge in [0.1, 0.15) is 18.0 Å². The van der Waals surface area contributed by atoms with Crippen LogP contribution < -0.4 is 15.4 Å². The molecule has 1 aromatic heterocycles. The Bertz CT molecular complexity index is 569. The zero-order valence-electron chi connectivity index (χ0n) is 14.8. The third kappa shape index (κ3) is 7.28. The van der Waals surface area contributed by atoms with Gasteiger partial charge in [-0.1, -0.05) is 6.92 Å². The van der Waals surface area contributed by atoms with Crippen LogP contribution in [0.2, 0.25) is 0 Å². The van der Waals surface area contributed by atoms with Crippen LogP contribution in [0.5, 0.6) is 5.75 Å². The van der Waals surface area contributed by atoms with E-state index >= 15 is 0 Å². The van der Waals surface area contributed by atoms with Gasteiger partial charge < -0.3 is 19.5 Å². The van der Waals surface area contributed by atoms with Gasteiger partial charge in [0.25, 0.3) is 0 Å². The molecular formula is C16H25N3O5. The first kappa shape index (κ1) is 19.7. The van der Waals surface area contributed by atoms with E-state index in [9.17, 15) is 9.59 Å². The Kier molecular flexibility index (Phi) is 7.44. The van der Waals surface area contributed by atoms with Crippen LogP contribution in [-0.4, -0.2) is 42.9 Å². The summed E-state index contributed by atoms with van der Waals surface area (Å²) in [5.74, 6) is 0.484. The second-order valence-electron chi connectivity index (χ2n) is 5.94. The Hall–Kier alpha value is -2.35. The topological polar surface area (TPSA) is 98.8 Å². The summed E-state index contributed by atoms with van der Waals surface area (Å²) in [6, 6.07) is 1.51. The molecule has 1 heterocycles. The molecule has 24 heavy (non-hydrogen) atoms. The lowest BCUT2D eigenvalue weighted by Gasteiger charge is -2.20. The van der Waals surface area contributed by atoms with Crippen molar-refractivity contribution in [3.63, 3.8) is 0 Å². The van der Waals surface area contributed by atoms with Crippen molar-refractivity contribution >= 4 is 23.5 Å². The minimum absolute atomic E-state index is 0.182. The van der Waals surface area contributed by atoms with Gasteiger partial charge in [-0.15, -0.1) is 0 Å². The van der Waals surface area contributed by atoms with Crippen LogP contribution in [0, 0.1) is 0 Å². The number of hydrogen-bond acceptors (Lipinski definition) is 6. The molecule has 0 bridgehead atoms. The Balaban J connectivity index is 2.93. The SMILES string of the molecule is CCC(=O)Nc1cc(NC(=O)OC(C)(C)C)c(OCCOC)cn1. The lowest BCUT2D eigenvalue weighted by atomic mass is 10.2. The highest BCUT2D eigenvalue weighted by atomic mass is 16.6. The molecule has 0 saturated carbocycles. The smallest absolute Gasteiger partial charge is 0.412 e. The summed E-state index contributed by atoms with van der Waals surface area (Å²) in [5, 5.41) is 5.23. The fourth-order valence-electron chi connectivity index (χ4n) is 1.60. The van der Waals surface area contributed by atoms with Crippen LogP contribution in [-0.2, 0) is 14.3 Å². The monoisotopic (exact) mass is 339 g/mol. The van der Waals surface area contributed by atoms with Crippen molar-refractivity contribution in [3.8, 4) is 5.75 Å². The van der Waals surface area contributed by atoms with Crippen LogP contribution in [0.25, 0.3) is 0 Å². The highest BCUT2D eigenvalue weighted by Crippen LogP contribution is 2.27. The second kappa shape index (κ2) is 9.07. The molecule has 0 radical (unpaired) electrons. The predicted octanol–water partition coefficient (Wildman–Crippen LogP) is 2.80. The molecule has 0 saturated heterocycles. The van der Waals surface area contributed by atoms with E-state index in [1.54, 1.807) is 34.8 Å². The summed E-state index contributed by atoms with van der Waals surface area (Å²) in [6.07, 6.45) is 1.12. The number of amides is 2. The molecular weight excluding hydrogens is 314 g/mol. The van der Waals surface area contributed by atoms with E-state index in [0.29, 0.717) is 36.9 Å². The maximum atomic E-state index is 12.0. The first-order valence-corrected chi connectivity index (χ1v) is 7.66. The molecule has 8 heteroatoms. The molecule has 0 aliphatic rings. The molecule has 2 amide bonds. The highest BCUT2D eigenvalue weighted by Gasteiger charge is 2.18. The molecule has 0 atom stereocenters. The first-order valence-electron chi connectivity index (χ1n) is 7.66. The Morgan fingerprint density at radius 1 is 1.21 bits per heavy atom. The quantitative estimate of drug-likeness (QED) is 0.741. The van der Waals surface area contributed by atoms with Crippen LogP contribution >= 0.6 is 0 Å². The van der Waals surface area contributed by atoms with Crippen molar-refractivity contribution in [2.24, 2.45) is 0 Å². The first-order chi connectivity index (χ1) is 11.2. The van der Waals surface area contributed by atoms with Gasteiger partial charge in [-0.25, -0.2) is 9.78 Å². The summed E-state index contributed by atoms with van der Waals surface area (Å²) < 4.78 is 15.7. The van der Waals surface area contributed by atoms with E-state index in [2.05, 4.69) is 15.6 Å². The fourth-order valence-corrected chi connectivity index (χ4v) is 1.60. The summed E-state index contributed by atoms with van der Waals surface area (Å²) >= 11 is 0. The number of aromatic nitrogens is 1. The summed E-state index contributed by atoms with van der Waals surface area (Å²) in [6.45, 7) is 7.71. The Labute approximate surface area is 141 Å². The number of pyridine rings is 1. The Morgan fingerprint density at radius 2 is 1.92 bits per heavy atom. The van der Waals surface area contributed by atoms with Crippen molar-refractivity contribution in [1.29, 1.82) is 0 Å². The van der Waals surface area contributed by atoms with Gasteiger partial charge in [-0.05, 0) is 20.8 Å². The highest BCUT2D eigenvalue weighted by molar-refractivity contribution is 5.92. The number of hydrogen-bond donors (Lipinski definition) is 2. The van der Waals surface area contributed by atoms with E-state index < -0.39 is 11.7 Å². The average molecular weight is 339 g/mol. The van der Waals surface area contributed by atoms with E-state index in [0.717, 1.165) is 0 Å². The molecule has 2 N–H and O–H groups in total. The standard InChI is InChI=1S/C16H25N3O5/c1-6-14(20)19-13-9-11(18-15(21)24-16(2,3)4)12(10-17-13)23-8-7-22-5/h9-10H,6-8H2,1-5H3,(H2,17,18,19,20,21). The zero-order valence-corrected chi connectivity index (χ0v) is 14.8. The molecule has 0 fully saturated rings. The van der Waals surface area contributed by atoms with Crippen molar-refractivity contribution < 1.29 is 23.8 Å². The van der Waals surface area contributed by atoms with Crippen molar-refractivity contribution in [2.45, 2.75) is 39.7 Å². The lowest BCUT2D eigenvalue weighted by Crippen LogP contribution is -2.27. The van der Waals surface area contributed by atoms with Gasteiger partial charge in [-0.3, -0.25) is 10.1 Å². The van der Waals surface area contributed by atoms with E-state index in [-0.39, 0.29) is 5.91 Å². The van der Waals surface area contributed by atoms with Gasteiger partial charge in [0.15, 0.2) is 5.75 Å². The van der Waals surface area contributed by atoms with Gasteiger partial charge in [0.05, 0.1) is 18.5 Å². The van der Waals surface area contributed by atoms with Gasteiger partial charge >= 0.3 is 6.09 Å². The molecule has 1 rings (SSSR count). The normalized spacial score (nSPS) is 10.9. The minimum atomic E-state index is -0.632. The molecule has 0 aliphatic heterocycles. The lowest BCUT2D eigenvalue weighted by molar-refractivity contribution is -0.115. The number of anilines is 2. The number of rotatable bonds is 7. The number of ether oxygens (including phenoxy) is 3. The maximum Gasteiger partial charge on any atom is 0.412 e. The van der Waals surface area contributed by atoms with Crippen molar-refractivity contribution in [2.75, 3.05) is 31.0 Å². The zero-order chi connectivity index (χ0) is 18.2. The van der Waals surface area contributed by atoms with Crippen LogP contribution in [0.15, 0.2) is 12.3 Å². The number of nitrogens with zero attached hydrogens (tertiary/aromatic N) is 1. The molecule has 134 valence electrons. The number of nitrogens with one attached hydrogen (secondary N) is 2. The summed E-state index contributed by atoms with van der Waals surface area (Å²) in [4.78, 5) is 27.6. The predicted molar refractivity (Wildman–Crippen MR) is 90.4 cm³/mol. The van der Waals surface area contributed by atoms with Gasteiger partial charge in [0, 0.05) is 19.6 Å². The van der Waals surface area contributed by atoms with Gasteiger partial charge in [0.2, 0.25) is 5.91 Å².